The molecule has 0 bridgehead atoms. The van der Waals surface area contributed by atoms with Crippen molar-refractivity contribution in [2.75, 3.05) is 13.7 Å². The Labute approximate surface area is 147 Å². The van der Waals surface area contributed by atoms with Gasteiger partial charge in [-0.25, -0.2) is 9.97 Å². The van der Waals surface area contributed by atoms with Crippen LogP contribution in [0.3, 0.4) is 0 Å². The summed E-state index contributed by atoms with van der Waals surface area (Å²) in [5.74, 6) is 2.10. The number of fused-ring (bicyclic) bond motifs is 1. The number of hydrogen-bond donors (Lipinski definition) is 0. The van der Waals surface area contributed by atoms with E-state index in [2.05, 4.69) is 14.5 Å². The van der Waals surface area contributed by atoms with E-state index in [0.717, 1.165) is 25.3 Å². The zero-order chi connectivity index (χ0) is 17.2. The molecule has 1 unspecified atom stereocenters. The van der Waals surface area contributed by atoms with E-state index >= 15 is 0 Å². The first kappa shape index (κ1) is 16.1. The molecular weight excluding hydrogens is 316 g/mol. The number of ether oxygens (including phenoxy) is 1. The molecule has 1 saturated carbocycles. The predicted octanol–water partition coefficient (Wildman–Crippen LogP) is 3.06. The van der Waals surface area contributed by atoms with Crippen LogP contribution in [0.4, 0.5) is 0 Å². The lowest BCUT2D eigenvalue weighted by Crippen LogP contribution is -2.38. The van der Waals surface area contributed by atoms with Crippen LogP contribution in [0.1, 0.15) is 54.3 Å². The summed E-state index contributed by atoms with van der Waals surface area (Å²) in [6.45, 7) is 1.68. The van der Waals surface area contributed by atoms with Crippen LogP contribution in [-0.2, 0) is 6.54 Å². The highest BCUT2D eigenvalue weighted by Crippen LogP contribution is 2.40. The zero-order valence-electron chi connectivity index (χ0n) is 14.6. The fourth-order valence-corrected chi connectivity index (χ4v) is 4.23. The van der Waals surface area contributed by atoms with Crippen molar-refractivity contribution < 1.29 is 9.53 Å². The van der Waals surface area contributed by atoms with Gasteiger partial charge >= 0.3 is 0 Å². The van der Waals surface area contributed by atoms with Crippen LogP contribution in [0, 0.1) is 5.92 Å². The number of nitrogens with zero attached hydrogens (tertiary/aromatic N) is 4. The molecule has 6 heteroatoms. The number of imidazole rings is 1. The van der Waals surface area contributed by atoms with Gasteiger partial charge < -0.3 is 14.2 Å². The standard InChI is InChI=1S/C19H24N4O2/c1-25-16-8-7-15(13-21-16)19(24)23-11-4-10-22-12-9-20-18(22)17(23)14-5-2-3-6-14/h7-9,12-14,17H,2-6,10-11H2,1H3. The summed E-state index contributed by atoms with van der Waals surface area (Å²) in [5.41, 5.74) is 0.615. The van der Waals surface area contributed by atoms with E-state index in [4.69, 9.17) is 4.74 Å². The van der Waals surface area contributed by atoms with Crippen molar-refractivity contribution >= 4 is 5.91 Å². The predicted molar refractivity (Wildman–Crippen MR) is 93.4 cm³/mol. The molecule has 132 valence electrons. The summed E-state index contributed by atoms with van der Waals surface area (Å²) in [6, 6.07) is 3.61. The Kier molecular flexibility index (Phi) is 4.42. The van der Waals surface area contributed by atoms with Crippen LogP contribution in [0.15, 0.2) is 30.7 Å². The van der Waals surface area contributed by atoms with E-state index in [-0.39, 0.29) is 11.9 Å². The Morgan fingerprint density at radius 3 is 2.72 bits per heavy atom. The molecule has 6 nitrogen and oxygen atoms in total. The molecule has 2 aromatic heterocycles. The highest BCUT2D eigenvalue weighted by atomic mass is 16.5. The van der Waals surface area contributed by atoms with Crippen LogP contribution in [0.2, 0.25) is 0 Å². The van der Waals surface area contributed by atoms with Gasteiger partial charge in [-0.2, -0.15) is 0 Å². The minimum Gasteiger partial charge on any atom is -0.481 e. The minimum absolute atomic E-state index is 0.0449. The number of methoxy groups -OCH3 is 1. The fourth-order valence-electron chi connectivity index (χ4n) is 4.23. The average molecular weight is 340 g/mol. The fraction of sp³-hybridized carbons (Fsp3) is 0.526. The van der Waals surface area contributed by atoms with E-state index in [1.54, 1.807) is 25.4 Å². The topological polar surface area (TPSA) is 60.2 Å². The lowest BCUT2D eigenvalue weighted by atomic mass is 9.95. The molecule has 2 aromatic rings. The first-order valence-electron chi connectivity index (χ1n) is 9.10. The molecule has 25 heavy (non-hydrogen) atoms. The smallest absolute Gasteiger partial charge is 0.256 e. The molecule has 1 aliphatic heterocycles. The van der Waals surface area contributed by atoms with E-state index in [1.165, 1.54) is 25.7 Å². The average Bonchev–Trinajstić information content (AvgIpc) is 3.31. The highest BCUT2D eigenvalue weighted by Gasteiger charge is 2.38. The molecule has 0 aromatic carbocycles. The number of aryl methyl sites for hydroxylation is 1. The largest absolute Gasteiger partial charge is 0.481 e. The summed E-state index contributed by atoms with van der Waals surface area (Å²) >= 11 is 0. The molecule has 1 fully saturated rings. The summed E-state index contributed by atoms with van der Waals surface area (Å²) in [7, 11) is 1.58. The third-order valence-electron chi connectivity index (χ3n) is 5.45. The van der Waals surface area contributed by atoms with E-state index in [9.17, 15) is 4.79 Å². The maximum atomic E-state index is 13.3. The zero-order valence-corrected chi connectivity index (χ0v) is 14.6. The first-order chi connectivity index (χ1) is 12.3. The molecule has 0 spiro atoms. The van der Waals surface area contributed by atoms with Gasteiger partial charge in [-0.05, 0) is 31.2 Å². The van der Waals surface area contributed by atoms with Gasteiger partial charge in [0.2, 0.25) is 5.88 Å². The number of hydrogen-bond acceptors (Lipinski definition) is 4. The van der Waals surface area contributed by atoms with Crippen LogP contribution < -0.4 is 4.74 Å². The molecule has 1 atom stereocenters. The Morgan fingerprint density at radius 1 is 1.16 bits per heavy atom. The Hall–Kier alpha value is -2.37. The number of aromatic nitrogens is 3. The first-order valence-corrected chi connectivity index (χ1v) is 9.10. The van der Waals surface area contributed by atoms with Gasteiger partial charge in [0.15, 0.2) is 0 Å². The second kappa shape index (κ2) is 6.86. The van der Waals surface area contributed by atoms with E-state index < -0.39 is 0 Å². The van der Waals surface area contributed by atoms with E-state index in [1.807, 2.05) is 17.3 Å². The molecule has 0 radical (unpaired) electrons. The molecular formula is C19H24N4O2. The van der Waals surface area contributed by atoms with Crippen molar-refractivity contribution in [1.82, 2.24) is 19.4 Å². The number of carbonyl (C=O) groups excluding carboxylic acids is 1. The number of carbonyl (C=O) groups is 1. The van der Waals surface area contributed by atoms with Crippen molar-refractivity contribution in [3.8, 4) is 5.88 Å². The van der Waals surface area contributed by atoms with Crippen LogP contribution >= 0.6 is 0 Å². The summed E-state index contributed by atoms with van der Waals surface area (Å²) in [6.07, 6.45) is 11.3. The van der Waals surface area contributed by atoms with Gasteiger partial charge in [-0.3, -0.25) is 4.79 Å². The van der Waals surface area contributed by atoms with Crippen molar-refractivity contribution in [3.05, 3.63) is 42.1 Å². The Morgan fingerprint density at radius 2 is 2.00 bits per heavy atom. The maximum absolute atomic E-state index is 13.3. The molecule has 2 aliphatic rings. The molecule has 4 rings (SSSR count). The van der Waals surface area contributed by atoms with Crippen molar-refractivity contribution in [2.24, 2.45) is 5.92 Å². The third kappa shape index (κ3) is 3.01. The third-order valence-corrected chi connectivity index (χ3v) is 5.45. The lowest BCUT2D eigenvalue weighted by Gasteiger charge is -2.33. The van der Waals surface area contributed by atoms with E-state index in [0.29, 0.717) is 17.4 Å². The maximum Gasteiger partial charge on any atom is 0.256 e. The van der Waals surface area contributed by atoms with Gasteiger partial charge in [-0.1, -0.05) is 12.8 Å². The van der Waals surface area contributed by atoms with Gasteiger partial charge in [0.25, 0.3) is 5.91 Å². The van der Waals surface area contributed by atoms with Crippen LogP contribution in [0.25, 0.3) is 0 Å². The lowest BCUT2D eigenvalue weighted by molar-refractivity contribution is 0.0602. The summed E-state index contributed by atoms with van der Waals surface area (Å²) in [4.78, 5) is 24.1. The number of amides is 1. The summed E-state index contributed by atoms with van der Waals surface area (Å²) in [5, 5.41) is 0. The molecule has 0 saturated heterocycles. The number of pyridine rings is 1. The monoisotopic (exact) mass is 340 g/mol. The quantitative estimate of drug-likeness (QED) is 0.861. The van der Waals surface area contributed by atoms with Crippen molar-refractivity contribution in [3.63, 3.8) is 0 Å². The van der Waals surface area contributed by atoms with Crippen molar-refractivity contribution in [1.29, 1.82) is 0 Å². The van der Waals surface area contributed by atoms with Crippen molar-refractivity contribution in [2.45, 2.75) is 44.7 Å². The SMILES string of the molecule is COc1ccc(C(=O)N2CCCn3ccnc3C2C2CCCC2)cn1. The number of rotatable bonds is 3. The Bertz CT molecular complexity index is 734. The van der Waals surface area contributed by atoms with Crippen LogP contribution in [0.5, 0.6) is 5.88 Å². The van der Waals surface area contributed by atoms with Gasteiger partial charge in [0, 0.05) is 37.7 Å². The van der Waals surface area contributed by atoms with Crippen LogP contribution in [-0.4, -0.2) is 39.0 Å². The second-order valence-electron chi connectivity index (χ2n) is 6.91. The minimum atomic E-state index is 0.0449. The highest BCUT2D eigenvalue weighted by molar-refractivity contribution is 5.94. The summed E-state index contributed by atoms with van der Waals surface area (Å²) < 4.78 is 7.33. The molecule has 3 heterocycles. The van der Waals surface area contributed by atoms with Gasteiger partial charge in [-0.15, -0.1) is 0 Å². The molecule has 1 amide bonds. The molecule has 1 aliphatic carbocycles. The van der Waals surface area contributed by atoms with Gasteiger partial charge in [0.05, 0.1) is 18.7 Å². The van der Waals surface area contributed by atoms with Gasteiger partial charge in [0.1, 0.15) is 5.82 Å². The molecule has 0 N–H and O–H groups in total. The Balaban J connectivity index is 1.68. The normalized spacial score (nSPS) is 21.0. The second-order valence-corrected chi connectivity index (χ2v) is 6.91.